The lowest BCUT2D eigenvalue weighted by molar-refractivity contribution is 0.253. The van der Waals surface area contributed by atoms with E-state index in [1.807, 2.05) is 0 Å². The summed E-state index contributed by atoms with van der Waals surface area (Å²) < 4.78 is 6.94. The molecule has 27 heavy (non-hydrogen) atoms. The Bertz CT molecular complexity index is 802. The fraction of sp³-hybridized carbons (Fsp3) is 0.520. The highest BCUT2D eigenvalue weighted by atomic mass is 28.4. The quantitative estimate of drug-likeness (QED) is 0.545. The zero-order valence-corrected chi connectivity index (χ0v) is 19.4. The van der Waals surface area contributed by atoms with E-state index in [1.54, 1.807) is 0 Å². The van der Waals surface area contributed by atoms with Gasteiger partial charge in [-0.15, -0.1) is 0 Å². The van der Waals surface area contributed by atoms with E-state index in [9.17, 15) is 0 Å². The summed E-state index contributed by atoms with van der Waals surface area (Å²) in [7, 11) is -1.91. The van der Waals surface area contributed by atoms with E-state index in [0.717, 1.165) is 12.1 Å². The van der Waals surface area contributed by atoms with Crippen LogP contribution in [0.15, 0.2) is 42.5 Å². The SMILES string of the molecule is CC[Si]1(CC)O[C@H](c2ccc(C(C)(C)C)cc2)c2ccc(C(C)(C)C)cc21. The van der Waals surface area contributed by atoms with Gasteiger partial charge in [-0.2, -0.15) is 0 Å². The van der Waals surface area contributed by atoms with Crippen molar-refractivity contribution in [3.05, 3.63) is 64.7 Å². The van der Waals surface area contributed by atoms with Crippen molar-refractivity contribution in [3.8, 4) is 0 Å². The Hall–Kier alpha value is -1.38. The van der Waals surface area contributed by atoms with E-state index in [-0.39, 0.29) is 16.9 Å². The van der Waals surface area contributed by atoms with Gasteiger partial charge in [0, 0.05) is 0 Å². The molecule has 0 aliphatic carbocycles. The Labute approximate surface area is 167 Å². The van der Waals surface area contributed by atoms with Crippen LogP contribution >= 0.6 is 0 Å². The van der Waals surface area contributed by atoms with Crippen molar-refractivity contribution in [2.45, 2.75) is 84.4 Å². The molecule has 0 saturated carbocycles. The van der Waals surface area contributed by atoms with Gasteiger partial charge in [0.2, 0.25) is 8.32 Å². The van der Waals surface area contributed by atoms with Crippen LogP contribution in [-0.4, -0.2) is 8.32 Å². The summed E-state index contributed by atoms with van der Waals surface area (Å²) in [5.41, 5.74) is 5.85. The minimum atomic E-state index is -1.91. The molecule has 3 rings (SSSR count). The maximum Gasteiger partial charge on any atom is 0.225 e. The highest BCUT2D eigenvalue weighted by Crippen LogP contribution is 2.40. The number of benzene rings is 2. The first-order valence-electron chi connectivity index (χ1n) is 10.4. The van der Waals surface area contributed by atoms with Gasteiger partial charge in [0.25, 0.3) is 0 Å². The molecule has 1 atom stereocenters. The van der Waals surface area contributed by atoms with Crippen molar-refractivity contribution < 1.29 is 4.43 Å². The summed E-state index contributed by atoms with van der Waals surface area (Å²) in [5.74, 6) is 0. The third-order valence-electron chi connectivity index (χ3n) is 6.26. The summed E-state index contributed by atoms with van der Waals surface area (Å²) in [5, 5.41) is 1.53. The fourth-order valence-electron chi connectivity index (χ4n) is 4.20. The minimum Gasteiger partial charge on any atom is -0.401 e. The molecule has 1 aliphatic heterocycles. The normalized spacial score (nSPS) is 19.2. The van der Waals surface area contributed by atoms with Crippen LogP contribution in [0.2, 0.25) is 12.1 Å². The van der Waals surface area contributed by atoms with E-state index in [2.05, 4.69) is 97.9 Å². The summed E-state index contributed by atoms with van der Waals surface area (Å²) in [6, 6.07) is 18.5. The fourth-order valence-corrected chi connectivity index (χ4v) is 7.80. The maximum absolute atomic E-state index is 6.94. The molecule has 0 aromatic heterocycles. The Morgan fingerprint density at radius 3 is 1.78 bits per heavy atom. The Morgan fingerprint density at radius 2 is 1.30 bits per heavy atom. The largest absolute Gasteiger partial charge is 0.401 e. The first kappa shape index (κ1) is 20.4. The Kier molecular flexibility index (Phi) is 5.20. The Morgan fingerprint density at radius 1 is 0.778 bits per heavy atom. The second-order valence-electron chi connectivity index (χ2n) is 10.1. The minimum absolute atomic E-state index is 0.0922. The number of rotatable bonds is 3. The second-order valence-corrected chi connectivity index (χ2v) is 14.3. The van der Waals surface area contributed by atoms with Gasteiger partial charge in [-0.05, 0) is 50.4 Å². The molecular formula is C25H36OSi. The van der Waals surface area contributed by atoms with Crippen molar-refractivity contribution in [1.82, 2.24) is 0 Å². The van der Waals surface area contributed by atoms with Gasteiger partial charge in [0.15, 0.2) is 0 Å². The van der Waals surface area contributed by atoms with Gasteiger partial charge in [-0.3, -0.25) is 0 Å². The highest BCUT2D eigenvalue weighted by Gasteiger charge is 2.46. The molecule has 0 N–H and O–H groups in total. The van der Waals surface area contributed by atoms with Crippen LogP contribution in [0.1, 0.15) is 83.7 Å². The molecule has 0 spiro atoms. The van der Waals surface area contributed by atoms with Crippen LogP contribution in [0.4, 0.5) is 0 Å². The first-order chi connectivity index (χ1) is 12.5. The van der Waals surface area contributed by atoms with Gasteiger partial charge in [-0.1, -0.05) is 97.9 Å². The molecular weight excluding hydrogens is 344 g/mol. The second kappa shape index (κ2) is 6.90. The molecule has 0 radical (unpaired) electrons. The van der Waals surface area contributed by atoms with E-state index in [1.165, 1.54) is 27.4 Å². The number of fused-ring (bicyclic) bond motifs is 1. The third-order valence-corrected chi connectivity index (χ3v) is 10.6. The topological polar surface area (TPSA) is 9.23 Å². The molecule has 146 valence electrons. The molecule has 1 nitrogen and oxygen atoms in total. The first-order valence-corrected chi connectivity index (χ1v) is 12.8. The predicted molar refractivity (Wildman–Crippen MR) is 120 cm³/mol. The van der Waals surface area contributed by atoms with Crippen LogP contribution in [0, 0.1) is 0 Å². The van der Waals surface area contributed by atoms with Crippen molar-refractivity contribution in [3.63, 3.8) is 0 Å². The van der Waals surface area contributed by atoms with Gasteiger partial charge in [-0.25, -0.2) is 0 Å². The van der Waals surface area contributed by atoms with E-state index < -0.39 is 8.32 Å². The zero-order valence-electron chi connectivity index (χ0n) is 18.4. The molecule has 1 aliphatic rings. The zero-order chi connectivity index (χ0) is 20.0. The highest BCUT2D eigenvalue weighted by molar-refractivity contribution is 6.87. The molecule has 0 saturated heterocycles. The average Bonchev–Trinajstić information content (AvgIpc) is 2.95. The predicted octanol–water partition coefficient (Wildman–Crippen LogP) is 6.59. The van der Waals surface area contributed by atoms with Crippen molar-refractivity contribution >= 4 is 13.5 Å². The molecule has 2 aromatic carbocycles. The molecule has 0 bridgehead atoms. The molecule has 0 unspecified atom stereocenters. The molecule has 2 aromatic rings. The maximum atomic E-state index is 6.94. The van der Waals surface area contributed by atoms with Crippen LogP contribution in [0.3, 0.4) is 0 Å². The standard InChI is InChI=1S/C25H36OSi/c1-9-27(10-2)22-17-20(25(6,7)8)15-16-21(22)23(26-27)18-11-13-19(14-12-18)24(3,4)5/h11-17,23H,9-10H2,1-8H3/t23-/m1/s1. The average molecular weight is 381 g/mol. The molecule has 2 heteroatoms. The van der Waals surface area contributed by atoms with Crippen molar-refractivity contribution in [1.29, 1.82) is 0 Å². The van der Waals surface area contributed by atoms with Crippen LogP contribution < -0.4 is 5.19 Å². The van der Waals surface area contributed by atoms with Gasteiger partial charge in [0.1, 0.15) is 0 Å². The monoisotopic (exact) mass is 380 g/mol. The van der Waals surface area contributed by atoms with E-state index in [4.69, 9.17) is 4.43 Å². The van der Waals surface area contributed by atoms with Crippen LogP contribution in [0.5, 0.6) is 0 Å². The smallest absolute Gasteiger partial charge is 0.225 e. The Balaban J connectivity index is 2.08. The lowest BCUT2D eigenvalue weighted by Crippen LogP contribution is -2.46. The van der Waals surface area contributed by atoms with Gasteiger partial charge >= 0.3 is 0 Å². The lowest BCUT2D eigenvalue weighted by Gasteiger charge is -2.27. The van der Waals surface area contributed by atoms with E-state index in [0.29, 0.717) is 0 Å². The van der Waals surface area contributed by atoms with E-state index >= 15 is 0 Å². The van der Waals surface area contributed by atoms with Gasteiger partial charge < -0.3 is 4.43 Å². The molecule has 0 amide bonds. The summed E-state index contributed by atoms with van der Waals surface area (Å²) in [4.78, 5) is 0. The summed E-state index contributed by atoms with van der Waals surface area (Å²) in [6.07, 6.45) is 0.0922. The van der Waals surface area contributed by atoms with Crippen molar-refractivity contribution in [2.75, 3.05) is 0 Å². The number of hydrogen-bond donors (Lipinski definition) is 0. The third kappa shape index (κ3) is 3.66. The van der Waals surface area contributed by atoms with Crippen LogP contribution in [0.25, 0.3) is 0 Å². The summed E-state index contributed by atoms with van der Waals surface area (Å²) >= 11 is 0. The molecule has 1 heterocycles. The molecule has 0 fully saturated rings. The summed E-state index contributed by atoms with van der Waals surface area (Å²) in [6.45, 7) is 18.3. The van der Waals surface area contributed by atoms with Crippen LogP contribution in [-0.2, 0) is 15.3 Å². The number of hydrogen-bond acceptors (Lipinski definition) is 1. The van der Waals surface area contributed by atoms with Gasteiger partial charge in [0.05, 0.1) is 6.10 Å². The van der Waals surface area contributed by atoms with Crippen molar-refractivity contribution in [2.24, 2.45) is 0 Å². The lowest BCUT2D eigenvalue weighted by atomic mass is 9.85.